The molecule has 0 saturated carbocycles. The molecule has 7 heteroatoms. The van der Waals surface area contributed by atoms with Gasteiger partial charge >= 0.3 is 0 Å². The summed E-state index contributed by atoms with van der Waals surface area (Å²) in [6, 6.07) is 23.0. The first kappa shape index (κ1) is 26.2. The molecule has 0 aliphatic carbocycles. The van der Waals surface area contributed by atoms with Gasteiger partial charge in [-0.25, -0.2) is 0 Å². The highest BCUT2D eigenvalue weighted by Crippen LogP contribution is 2.30. The molecule has 2 amide bonds. The van der Waals surface area contributed by atoms with E-state index in [1.54, 1.807) is 0 Å². The van der Waals surface area contributed by atoms with Gasteiger partial charge in [-0.05, 0) is 66.3 Å². The van der Waals surface area contributed by atoms with Crippen LogP contribution in [0.25, 0.3) is 0 Å². The fourth-order valence-electron chi connectivity index (χ4n) is 3.58. The Morgan fingerprint density at radius 1 is 0.943 bits per heavy atom. The Labute approximate surface area is 211 Å². The second-order valence-corrected chi connectivity index (χ2v) is 8.74. The molecule has 3 aromatic rings. The van der Waals surface area contributed by atoms with Crippen molar-refractivity contribution in [3.05, 3.63) is 83.9 Å². The van der Waals surface area contributed by atoms with Crippen molar-refractivity contribution in [3.8, 4) is 23.0 Å². The topological polar surface area (TPSA) is 73.9 Å². The van der Waals surface area contributed by atoms with Crippen LogP contribution in [0.4, 0.5) is 0 Å². The zero-order valence-corrected chi connectivity index (χ0v) is 20.9. The van der Waals surface area contributed by atoms with Crippen molar-refractivity contribution in [2.75, 3.05) is 19.5 Å². The van der Waals surface area contributed by atoms with Crippen molar-refractivity contribution in [2.45, 2.75) is 31.4 Å². The van der Waals surface area contributed by atoms with Crippen molar-refractivity contribution in [2.24, 2.45) is 0 Å². The first-order valence-electron chi connectivity index (χ1n) is 11.6. The lowest BCUT2D eigenvalue weighted by atomic mass is 10.1. The molecule has 184 valence electrons. The summed E-state index contributed by atoms with van der Waals surface area (Å²) in [5, 5.41) is 1.74. The van der Waals surface area contributed by atoms with Crippen LogP contribution >= 0.6 is 11.8 Å². The fourth-order valence-corrected chi connectivity index (χ4v) is 4.28. The lowest BCUT2D eigenvalue weighted by Gasteiger charge is -2.15. The minimum absolute atomic E-state index is 0.346. The lowest BCUT2D eigenvalue weighted by Crippen LogP contribution is -2.26. The molecule has 1 N–H and O–H groups in total. The van der Waals surface area contributed by atoms with E-state index in [0.29, 0.717) is 31.8 Å². The van der Waals surface area contributed by atoms with E-state index in [0.717, 1.165) is 41.2 Å². The van der Waals surface area contributed by atoms with Crippen molar-refractivity contribution in [1.82, 2.24) is 5.32 Å². The van der Waals surface area contributed by atoms with Gasteiger partial charge in [-0.15, -0.1) is 11.8 Å². The summed E-state index contributed by atoms with van der Waals surface area (Å²) in [4.78, 5) is 22.7. The van der Waals surface area contributed by atoms with Crippen molar-refractivity contribution in [1.29, 1.82) is 0 Å². The second kappa shape index (κ2) is 14.1. The molecule has 1 unspecified atom stereocenters. The summed E-state index contributed by atoms with van der Waals surface area (Å²) in [6.45, 7) is 3.14. The Morgan fingerprint density at radius 2 is 1.71 bits per heavy atom. The lowest BCUT2D eigenvalue weighted by molar-refractivity contribution is -0.124. The summed E-state index contributed by atoms with van der Waals surface area (Å²) in [7, 11) is 0. The van der Waals surface area contributed by atoms with Gasteiger partial charge in [0.05, 0.1) is 13.2 Å². The van der Waals surface area contributed by atoms with Gasteiger partial charge in [-0.2, -0.15) is 0 Å². The molecule has 0 radical (unpaired) electrons. The summed E-state index contributed by atoms with van der Waals surface area (Å²) in [5.41, 5.74) is 1.90. The van der Waals surface area contributed by atoms with Crippen LogP contribution in [0.5, 0.6) is 23.0 Å². The van der Waals surface area contributed by atoms with Crippen LogP contribution in [-0.4, -0.2) is 31.8 Å². The minimum atomic E-state index is -0.474. The molecule has 1 atom stereocenters. The maximum Gasteiger partial charge on any atom is 0.243 e. The Morgan fingerprint density at radius 3 is 2.46 bits per heavy atom. The molecule has 6 nitrogen and oxygen atoms in total. The number of aryl methyl sites for hydroxylation is 1. The van der Waals surface area contributed by atoms with Gasteiger partial charge in [0.1, 0.15) is 28.2 Å². The third-order valence-electron chi connectivity index (χ3n) is 5.18. The minimum Gasteiger partial charge on any atom is -0.493 e. The maximum absolute atomic E-state index is 12.1. The molecule has 3 rings (SSSR count). The molecule has 0 saturated heterocycles. The molecule has 0 bridgehead atoms. The number of ether oxygens (including phenoxy) is 3. The third kappa shape index (κ3) is 8.07. The molecular formula is C28H31NO5S. The molecule has 0 heterocycles. The van der Waals surface area contributed by atoms with Crippen LogP contribution < -0.4 is 19.5 Å². The van der Waals surface area contributed by atoms with Gasteiger partial charge in [0, 0.05) is 6.42 Å². The predicted octanol–water partition coefficient (Wildman–Crippen LogP) is 5.96. The third-order valence-corrected chi connectivity index (χ3v) is 6.14. The summed E-state index contributed by atoms with van der Waals surface area (Å²) < 4.78 is 17.9. The largest absolute Gasteiger partial charge is 0.493 e. The van der Waals surface area contributed by atoms with Gasteiger partial charge in [-0.3, -0.25) is 14.9 Å². The van der Waals surface area contributed by atoms with E-state index in [1.165, 1.54) is 11.8 Å². The van der Waals surface area contributed by atoms with Crippen molar-refractivity contribution < 1.29 is 23.8 Å². The molecule has 0 aromatic heterocycles. The number of thioether (sulfide) groups is 1. The molecule has 0 fully saturated rings. The van der Waals surface area contributed by atoms with Gasteiger partial charge in [0.15, 0.2) is 0 Å². The number of imide groups is 1. The van der Waals surface area contributed by atoms with E-state index in [1.807, 2.05) is 79.1 Å². The molecule has 35 heavy (non-hydrogen) atoms. The molecule has 0 spiro atoms. The molecule has 3 aromatic carbocycles. The highest BCUT2D eigenvalue weighted by atomic mass is 32.2. The average molecular weight is 494 g/mol. The van der Waals surface area contributed by atoms with E-state index >= 15 is 0 Å². The number of para-hydroxylation sites is 1. The highest BCUT2D eigenvalue weighted by molar-refractivity contribution is 7.99. The fraction of sp³-hybridized carbons (Fsp3) is 0.286. The van der Waals surface area contributed by atoms with Crippen molar-refractivity contribution in [3.63, 3.8) is 0 Å². The number of carbonyl (C=O) groups excluding carboxylic acids is 2. The van der Waals surface area contributed by atoms with Gasteiger partial charge in [0.2, 0.25) is 12.3 Å². The molecular weight excluding hydrogens is 462 g/mol. The highest BCUT2D eigenvalue weighted by Gasteiger charge is 2.19. The van der Waals surface area contributed by atoms with E-state index in [2.05, 4.69) is 12.2 Å². The standard InChI is InChI=1S/C28H31NO5S/c1-3-9-21-18-25(34-23-11-5-4-6-12-23)14-15-26(21)33-17-8-16-32-24-13-7-10-22(19-24)27(35-2)28(31)29-20-30/h4-7,10-15,18-20,27H,3,8-9,16-17H2,1-2H3,(H,29,30,31). The van der Waals surface area contributed by atoms with Crippen molar-refractivity contribution >= 4 is 24.1 Å². The predicted molar refractivity (Wildman–Crippen MR) is 139 cm³/mol. The van der Waals surface area contributed by atoms with Crippen LogP contribution in [0.1, 0.15) is 36.1 Å². The van der Waals surface area contributed by atoms with Gasteiger partial charge in [-0.1, -0.05) is 43.7 Å². The number of hydrogen-bond donors (Lipinski definition) is 1. The maximum atomic E-state index is 12.1. The van der Waals surface area contributed by atoms with Crippen LogP contribution in [-0.2, 0) is 16.0 Å². The SMILES string of the molecule is CCCc1cc(Oc2ccccc2)ccc1OCCCOc1cccc(C(SC)C(=O)NC=O)c1. The number of carbonyl (C=O) groups is 2. The zero-order chi connectivity index (χ0) is 24.9. The Hall–Kier alpha value is -3.45. The van der Waals surface area contributed by atoms with E-state index in [9.17, 15) is 9.59 Å². The number of rotatable bonds is 14. The smallest absolute Gasteiger partial charge is 0.243 e. The Kier molecular flexibility index (Phi) is 10.5. The molecule has 0 aliphatic rings. The Bertz CT molecular complexity index is 1090. The first-order chi connectivity index (χ1) is 17.1. The van der Waals surface area contributed by atoms with E-state index in [-0.39, 0.29) is 5.91 Å². The van der Waals surface area contributed by atoms with E-state index in [4.69, 9.17) is 14.2 Å². The number of hydrogen-bond acceptors (Lipinski definition) is 6. The van der Waals surface area contributed by atoms with Crippen LogP contribution in [0.2, 0.25) is 0 Å². The molecule has 0 aliphatic heterocycles. The summed E-state index contributed by atoms with van der Waals surface area (Å²) >= 11 is 1.36. The van der Waals surface area contributed by atoms with Crippen LogP contribution in [0, 0.1) is 0 Å². The summed E-state index contributed by atoms with van der Waals surface area (Å²) in [6.07, 6.45) is 4.84. The first-order valence-corrected chi connectivity index (χ1v) is 12.9. The average Bonchev–Trinajstić information content (AvgIpc) is 2.87. The van der Waals surface area contributed by atoms with E-state index < -0.39 is 5.25 Å². The van der Waals surface area contributed by atoms with Gasteiger partial charge < -0.3 is 14.2 Å². The second-order valence-electron chi connectivity index (χ2n) is 7.80. The number of amides is 2. The number of benzene rings is 3. The Balaban J connectivity index is 1.51. The summed E-state index contributed by atoms with van der Waals surface area (Å²) in [5.74, 6) is 2.78. The van der Waals surface area contributed by atoms with Crippen LogP contribution in [0.15, 0.2) is 72.8 Å². The van der Waals surface area contributed by atoms with Gasteiger partial charge in [0.25, 0.3) is 0 Å². The number of nitrogens with one attached hydrogen (secondary N) is 1. The quantitative estimate of drug-likeness (QED) is 0.221. The monoisotopic (exact) mass is 493 g/mol. The van der Waals surface area contributed by atoms with Crippen LogP contribution in [0.3, 0.4) is 0 Å². The normalized spacial score (nSPS) is 11.4. The zero-order valence-electron chi connectivity index (χ0n) is 20.1.